The first kappa shape index (κ1) is 15.5. The third-order valence-electron chi connectivity index (χ3n) is 2.91. The molecular formula is C15H24N2O2. The van der Waals surface area contributed by atoms with Gasteiger partial charge in [-0.05, 0) is 37.5 Å². The smallest absolute Gasteiger partial charge is 0.237 e. The second-order valence-electron chi connectivity index (χ2n) is 5.26. The van der Waals surface area contributed by atoms with Crippen molar-refractivity contribution in [3.05, 3.63) is 29.8 Å². The van der Waals surface area contributed by atoms with E-state index in [1.165, 1.54) is 0 Å². The number of benzene rings is 1. The summed E-state index contributed by atoms with van der Waals surface area (Å²) in [5.74, 6) is 0.817. The first-order valence-electron chi connectivity index (χ1n) is 6.66. The zero-order chi connectivity index (χ0) is 14.4. The van der Waals surface area contributed by atoms with Gasteiger partial charge in [0.25, 0.3) is 0 Å². The largest absolute Gasteiger partial charge is 0.489 e. The van der Waals surface area contributed by atoms with Crippen LogP contribution in [0.1, 0.15) is 26.3 Å². The third-order valence-corrected chi connectivity index (χ3v) is 2.91. The van der Waals surface area contributed by atoms with E-state index in [0.29, 0.717) is 6.54 Å². The van der Waals surface area contributed by atoms with Crippen molar-refractivity contribution in [1.29, 1.82) is 0 Å². The molecule has 2 atom stereocenters. The van der Waals surface area contributed by atoms with E-state index in [-0.39, 0.29) is 17.9 Å². The Kier molecular flexibility index (Phi) is 5.83. The van der Waals surface area contributed by atoms with Crippen LogP contribution in [-0.4, -0.2) is 24.6 Å². The molecule has 0 saturated heterocycles. The Hall–Kier alpha value is -1.55. The van der Waals surface area contributed by atoms with E-state index in [0.717, 1.165) is 11.3 Å². The lowest BCUT2D eigenvalue weighted by atomic mass is 10.1. The van der Waals surface area contributed by atoms with Crippen LogP contribution in [0.15, 0.2) is 24.3 Å². The number of ether oxygens (including phenoxy) is 1. The Morgan fingerprint density at radius 2 is 2.05 bits per heavy atom. The minimum atomic E-state index is -0.467. The first-order chi connectivity index (χ1) is 8.90. The number of aryl methyl sites for hydroxylation is 1. The van der Waals surface area contributed by atoms with Gasteiger partial charge in [-0.2, -0.15) is 0 Å². The number of amides is 1. The molecule has 3 N–H and O–H groups in total. The van der Waals surface area contributed by atoms with E-state index >= 15 is 0 Å². The summed E-state index contributed by atoms with van der Waals surface area (Å²) in [6, 6.07) is 7.38. The van der Waals surface area contributed by atoms with Crippen LogP contribution in [0.5, 0.6) is 5.75 Å². The lowest BCUT2D eigenvalue weighted by Crippen LogP contribution is -2.46. The molecule has 0 aromatic heterocycles. The van der Waals surface area contributed by atoms with E-state index in [2.05, 4.69) is 5.32 Å². The molecule has 0 aliphatic heterocycles. The molecule has 0 aliphatic carbocycles. The second-order valence-corrected chi connectivity index (χ2v) is 5.26. The van der Waals surface area contributed by atoms with E-state index in [1.54, 1.807) is 0 Å². The summed E-state index contributed by atoms with van der Waals surface area (Å²) < 4.78 is 5.73. The fraction of sp³-hybridized carbons (Fsp3) is 0.533. The van der Waals surface area contributed by atoms with Crippen LogP contribution in [0, 0.1) is 12.8 Å². The normalized spacial score (nSPS) is 14.0. The van der Waals surface area contributed by atoms with Crippen molar-refractivity contribution in [2.45, 2.75) is 39.8 Å². The highest BCUT2D eigenvalue weighted by Crippen LogP contribution is 2.13. The van der Waals surface area contributed by atoms with Crippen molar-refractivity contribution in [2.75, 3.05) is 6.54 Å². The van der Waals surface area contributed by atoms with Crippen molar-refractivity contribution >= 4 is 5.91 Å². The number of nitrogens with two attached hydrogens (primary N) is 1. The summed E-state index contributed by atoms with van der Waals surface area (Å²) in [4.78, 5) is 11.7. The maximum Gasteiger partial charge on any atom is 0.237 e. The van der Waals surface area contributed by atoms with E-state index in [9.17, 15) is 4.79 Å². The summed E-state index contributed by atoms with van der Waals surface area (Å²) in [7, 11) is 0. The molecule has 1 rings (SSSR count). The fourth-order valence-electron chi connectivity index (χ4n) is 1.63. The summed E-state index contributed by atoms with van der Waals surface area (Å²) in [6.45, 7) is 8.24. The average Bonchev–Trinajstić information content (AvgIpc) is 2.34. The van der Waals surface area contributed by atoms with Gasteiger partial charge in [-0.15, -0.1) is 0 Å². The molecule has 4 nitrogen and oxygen atoms in total. The van der Waals surface area contributed by atoms with Crippen LogP contribution in [0.3, 0.4) is 0 Å². The van der Waals surface area contributed by atoms with Crippen molar-refractivity contribution in [2.24, 2.45) is 11.7 Å². The topological polar surface area (TPSA) is 64.3 Å². The third kappa shape index (κ3) is 5.30. The molecule has 0 aliphatic rings. The van der Waals surface area contributed by atoms with Crippen LogP contribution in [0.2, 0.25) is 0 Å². The Morgan fingerprint density at radius 3 is 2.63 bits per heavy atom. The summed E-state index contributed by atoms with van der Waals surface area (Å²) in [5, 5.41) is 2.81. The summed E-state index contributed by atoms with van der Waals surface area (Å²) >= 11 is 0. The van der Waals surface area contributed by atoms with Crippen molar-refractivity contribution in [1.82, 2.24) is 5.32 Å². The summed E-state index contributed by atoms with van der Waals surface area (Å²) in [6.07, 6.45) is -0.0925. The lowest BCUT2D eigenvalue weighted by Gasteiger charge is -2.19. The van der Waals surface area contributed by atoms with Gasteiger partial charge < -0.3 is 15.8 Å². The zero-order valence-corrected chi connectivity index (χ0v) is 12.1. The Balaban J connectivity index is 2.40. The number of carbonyl (C=O) groups excluding carboxylic acids is 1. The molecule has 1 aromatic rings. The maximum atomic E-state index is 11.7. The van der Waals surface area contributed by atoms with Gasteiger partial charge in [0.1, 0.15) is 11.9 Å². The van der Waals surface area contributed by atoms with E-state index in [4.69, 9.17) is 10.5 Å². The molecule has 1 unspecified atom stereocenters. The SMILES string of the molecule is Cc1cccc(OC(C)CNC(=O)[C@@H](N)C(C)C)c1. The molecule has 0 heterocycles. The molecule has 106 valence electrons. The summed E-state index contributed by atoms with van der Waals surface area (Å²) in [5.41, 5.74) is 6.91. The van der Waals surface area contributed by atoms with Gasteiger partial charge in [0.2, 0.25) is 5.91 Å². The molecule has 1 aromatic carbocycles. The van der Waals surface area contributed by atoms with Crippen LogP contribution in [-0.2, 0) is 4.79 Å². The van der Waals surface area contributed by atoms with Gasteiger partial charge in [0.15, 0.2) is 0 Å². The quantitative estimate of drug-likeness (QED) is 0.824. The van der Waals surface area contributed by atoms with Gasteiger partial charge in [0, 0.05) is 0 Å². The monoisotopic (exact) mass is 264 g/mol. The highest BCUT2D eigenvalue weighted by molar-refractivity contribution is 5.81. The molecule has 4 heteroatoms. The number of carbonyl (C=O) groups is 1. The predicted octanol–water partition coefficient (Wildman–Crippen LogP) is 1.86. The van der Waals surface area contributed by atoms with Crippen LogP contribution < -0.4 is 15.8 Å². The van der Waals surface area contributed by atoms with Gasteiger partial charge in [0.05, 0.1) is 12.6 Å². The number of rotatable bonds is 6. The van der Waals surface area contributed by atoms with Crippen LogP contribution in [0.25, 0.3) is 0 Å². The van der Waals surface area contributed by atoms with Crippen LogP contribution in [0.4, 0.5) is 0 Å². The van der Waals surface area contributed by atoms with Gasteiger partial charge in [-0.25, -0.2) is 0 Å². The molecule has 0 spiro atoms. The molecule has 0 fully saturated rings. The van der Waals surface area contributed by atoms with Gasteiger partial charge in [-0.3, -0.25) is 4.79 Å². The van der Waals surface area contributed by atoms with Gasteiger partial charge in [-0.1, -0.05) is 26.0 Å². The highest BCUT2D eigenvalue weighted by Gasteiger charge is 2.17. The molecule has 0 radical (unpaired) electrons. The molecule has 19 heavy (non-hydrogen) atoms. The Bertz CT molecular complexity index is 418. The fourth-order valence-corrected chi connectivity index (χ4v) is 1.63. The number of nitrogens with one attached hydrogen (secondary N) is 1. The minimum absolute atomic E-state index is 0.0925. The first-order valence-corrected chi connectivity index (χ1v) is 6.66. The minimum Gasteiger partial charge on any atom is -0.489 e. The molecule has 0 saturated carbocycles. The van der Waals surface area contributed by atoms with Crippen molar-refractivity contribution < 1.29 is 9.53 Å². The Morgan fingerprint density at radius 1 is 1.37 bits per heavy atom. The van der Waals surface area contributed by atoms with E-state index < -0.39 is 6.04 Å². The highest BCUT2D eigenvalue weighted by atomic mass is 16.5. The second kappa shape index (κ2) is 7.14. The van der Waals surface area contributed by atoms with Gasteiger partial charge >= 0.3 is 0 Å². The number of hydrogen-bond donors (Lipinski definition) is 2. The van der Waals surface area contributed by atoms with Crippen LogP contribution >= 0.6 is 0 Å². The number of hydrogen-bond acceptors (Lipinski definition) is 3. The lowest BCUT2D eigenvalue weighted by molar-refractivity contribution is -0.123. The molecule has 1 amide bonds. The Labute approximate surface area is 115 Å². The zero-order valence-electron chi connectivity index (χ0n) is 12.1. The molecule has 0 bridgehead atoms. The average molecular weight is 264 g/mol. The van der Waals surface area contributed by atoms with E-state index in [1.807, 2.05) is 52.0 Å². The maximum absolute atomic E-state index is 11.7. The van der Waals surface area contributed by atoms with Crippen molar-refractivity contribution in [3.63, 3.8) is 0 Å². The standard InChI is InChI=1S/C15H24N2O2/c1-10(2)14(16)15(18)17-9-12(4)19-13-7-5-6-11(3)8-13/h5-8,10,12,14H,9,16H2,1-4H3,(H,17,18)/t12?,14-/m0/s1. The van der Waals surface area contributed by atoms with Crippen molar-refractivity contribution in [3.8, 4) is 5.75 Å². The molecular weight excluding hydrogens is 240 g/mol. The predicted molar refractivity (Wildman–Crippen MR) is 77.1 cm³/mol.